The van der Waals surface area contributed by atoms with Crippen molar-refractivity contribution in [3.63, 3.8) is 0 Å². The van der Waals surface area contributed by atoms with Crippen molar-refractivity contribution in [2.75, 3.05) is 26.0 Å². The Bertz CT molecular complexity index is 1030. The minimum Gasteiger partial charge on any atom is -0.378 e. The number of hydrogen-bond donors (Lipinski definition) is 0. The summed E-state index contributed by atoms with van der Waals surface area (Å²) in [6.07, 6.45) is 2.30. The van der Waals surface area contributed by atoms with E-state index in [0.29, 0.717) is 18.0 Å². The van der Waals surface area contributed by atoms with Gasteiger partial charge in [0.15, 0.2) is 5.65 Å². The summed E-state index contributed by atoms with van der Waals surface area (Å²) in [5.41, 5.74) is 5.63. The highest BCUT2D eigenvalue weighted by Gasteiger charge is 2.29. The van der Waals surface area contributed by atoms with Crippen molar-refractivity contribution in [1.82, 2.24) is 19.7 Å². The normalized spacial score (nSPS) is 13.8. The van der Waals surface area contributed by atoms with Gasteiger partial charge < -0.3 is 9.80 Å². The van der Waals surface area contributed by atoms with Crippen molar-refractivity contribution in [3.05, 3.63) is 52.8 Å². The molecule has 0 saturated heterocycles. The Morgan fingerprint density at radius 2 is 1.86 bits per heavy atom. The second-order valence-corrected chi connectivity index (χ2v) is 8.00. The third-order valence-corrected chi connectivity index (χ3v) is 5.43. The van der Waals surface area contributed by atoms with Crippen LogP contribution in [0.1, 0.15) is 46.1 Å². The molecule has 0 aliphatic heterocycles. The van der Waals surface area contributed by atoms with E-state index in [0.717, 1.165) is 46.5 Å². The average molecular weight is 377 g/mol. The lowest BCUT2D eigenvalue weighted by Crippen LogP contribution is -2.26. The van der Waals surface area contributed by atoms with Gasteiger partial charge >= 0.3 is 0 Å². The van der Waals surface area contributed by atoms with Gasteiger partial charge in [0, 0.05) is 52.0 Å². The number of carbonyl (C=O) groups excluding carboxylic acids is 1. The molecule has 0 bridgehead atoms. The van der Waals surface area contributed by atoms with Crippen molar-refractivity contribution in [2.24, 2.45) is 7.05 Å². The molecular formula is C22H27N5O. The highest BCUT2D eigenvalue weighted by molar-refractivity contribution is 6.06. The van der Waals surface area contributed by atoms with E-state index in [1.807, 2.05) is 41.2 Å². The summed E-state index contributed by atoms with van der Waals surface area (Å²) in [4.78, 5) is 22.0. The van der Waals surface area contributed by atoms with E-state index in [2.05, 4.69) is 34.3 Å². The van der Waals surface area contributed by atoms with Gasteiger partial charge in [-0.1, -0.05) is 12.1 Å². The lowest BCUT2D eigenvalue weighted by atomic mass is 10.1. The molecule has 6 heteroatoms. The highest BCUT2D eigenvalue weighted by atomic mass is 16.2. The Balaban J connectivity index is 1.65. The summed E-state index contributed by atoms with van der Waals surface area (Å²) in [6, 6.07) is 10.3. The molecule has 1 aliphatic carbocycles. The Labute approximate surface area is 165 Å². The average Bonchev–Trinajstić information content (AvgIpc) is 3.47. The molecule has 146 valence electrons. The van der Waals surface area contributed by atoms with Gasteiger partial charge in [0.25, 0.3) is 5.91 Å². The van der Waals surface area contributed by atoms with Crippen molar-refractivity contribution in [3.8, 4) is 0 Å². The number of aryl methyl sites for hydroxylation is 2. The van der Waals surface area contributed by atoms with Crippen LogP contribution in [0.25, 0.3) is 11.0 Å². The fourth-order valence-corrected chi connectivity index (χ4v) is 3.67. The molecule has 2 aromatic heterocycles. The molecule has 0 N–H and O–H groups in total. The predicted molar refractivity (Wildman–Crippen MR) is 112 cm³/mol. The number of aromatic nitrogens is 3. The summed E-state index contributed by atoms with van der Waals surface area (Å²) in [6.45, 7) is 2.51. The largest absolute Gasteiger partial charge is 0.378 e. The zero-order valence-electron chi connectivity index (χ0n) is 17.2. The van der Waals surface area contributed by atoms with Crippen LogP contribution in [0, 0.1) is 6.92 Å². The summed E-state index contributed by atoms with van der Waals surface area (Å²) >= 11 is 0. The predicted octanol–water partition coefficient (Wildman–Crippen LogP) is 3.49. The van der Waals surface area contributed by atoms with Crippen LogP contribution in [0.2, 0.25) is 0 Å². The standard InChI is InChI=1S/C22H27N5O/c1-14-20-18(12-19(16-8-9-16)23-21(20)27(5)24-14)22(28)26(4)13-15-6-10-17(11-7-15)25(2)3/h6-7,10-12,16H,8-9,13H2,1-5H3. The maximum absolute atomic E-state index is 13.3. The van der Waals surface area contributed by atoms with E-state index in [9.17, 15) is 4.79 Å². The first-order valence-electron chi connectivity index (χ1n) is 9.71. The quantitative estimate of drug-likeness (QED) is 0.683. The minimum atomic E-state index is 0.0158. The van der Waals surface area contributed by atoms with Crippen LogP contribution in [0.5, 0.6) is 0 Å². The molecule has 0 radical (unpaired) electrons. The number of rotatable bonds is 5. The molecule has 6 nitrogen and oxygen atoms in total. The second-order valence-electron chi connectivity index (χ2n) is 8.00. The zero-order valence-corrected chi connectivity index (χ0v) is 17.2. The summed E-state index contributed by atoms with van der Waals surface area (Å²) in [5.74, 6) is 0.497. The third kappa shape index (κ3) is 3.35. The Kier molecular flexibility index (Phi) is 4.57. The minimum absolute atomic E-state index is 0.0158. The van der Waals surface area contributed by atoms with Gasteiger partial charge in [-0.25, -0.2) is 4.98 Å². The van der Waals surface area contributed by atoms with Crippen LogP contribution in [-0.2, 0) is 13.6 Å². The van der Waals surface area contributed by atoms with Gasteiger partial charge in [-0.3, -0.25) is 9.48 Å². The molecule has 28 heavy (non-hydrogen) atoms. The van der Waals surface area contributed by atoms with Gasteiger partial charge in [0.2, 0.25) is 0 Å². The number of amides is 1. The smallest absolute Gasteiger partial charge is 0.254 e. The summed E-state index contributed by atoms with van der Waals surface area (Å²) in [5, 5.41) is 5.37. The second kappa shape index (κ2) is 6.93. The molecule has 0 spiro atoms. The molecule has 4 rings (SSSR count). The van der Waals surface area contributed by atoms with Crippen molar-refractivity contribution >= 4 is 22.6 Å². The lowest BCUT2D eigenvalue weighted by molar-refractivity contribution is 0.0787. The van der Waals surface area contributed by atoms with Gasteiger partial charge in [-0.2, -0.15) is 5.10 Å². The van der Waals surface area contributed by atoms with Gasteiger partial charge in [-0.15, -0.1) is 0 Å². The number of fused-ring (bicyclic) bond motifs is 1. The lowest BCUT2D eigenvalue weighted by Gasteiger charge is -2.19. The first-order chi connectivity index (χ1) is 13.3. The van der Waals surface area contributed by atoms with E-state index in [-0.39, 0.29) is 5.91 Å². The number of benzene rings is 1. The summed E-state index contributed by atoms with van der Waals surface area (Å²) in [7, 11) is 7.79. The molecule has 1 saturated carbocycles. The van der Waals surface area contributed by atoms with Gasteiger partial charge in [-0.05, 0) is 43.5 Å². The van der Waals surface area contributed by atoms with Crippen LogP contribution >= 0.6 is 0 Å². The molecule has 0 unspecified atom stereocenters. The molecular weight excluding hydrogens is 350 g/mol. The Morgan fingerprint density at radius 1 is 1.18 bits per heavy atom. The van der Waals surface area contributed by atoms with Crippen molar-refractivity contribution in [1.29, 1.82) is 0 Å². The van der Waals surface area contributed by atoms with Crippen LogP contribution in [0.3, 0.4) is 0 Å². The Morgan fingerprint density at radius 3 is 2.46 bits per heavy atom. The first-order valence-corrected chi connectivity index (χ1v) is 9.71. The van der Waals surface area contributed by atoms with Crippen LogP contribution in [0.15, 0.2) is 30.3 Å². The molecule has 1 aromatic carbocycles. The van der Waals surface area contributed by atoms with Gasteiger partial charge in [0.05, 0.1) is 16.6 Å². The number of nitrogens with zero attached hydrogens (tertiary/aromatic N) is 5. The zero-order chi connectivity index (χ0) is 20.0. The van der Waals surface area contributed by atoms with Crippen molar-refractivity contribution in [2.45, 2.75) is 32.2 Å². The number of anilines is 1. The van der Waals surface area contributed by atoms with Gasteiger partial charge in [0.1, 0.15) is 0 Å². The molecule has 1 aliphatic rings. The van der Waals surface area contributed by atoms with E-state index in [1.165, 1.54) is 0 Å². The maximum atomic E-state index is 13.3. The third-order valence-electron chi connectivity index (χ3n) is 5.43. The van der Waals surface area contributed by atoms with Crippen molar-refractivity contribution < 1.29 is 4.79 Å². The summed E-state index contributed by atoms with van der Waals surface area (Å²) < 4.78 is 1.79. The molecule has 1 fully saturated rings. The van der Waals surface area contributed by atoms with E-state index < -0.39 is 0 Å². The number of pyridine rings is 1. The van der Waals surface area contributed by atoms with Crippen LogP contribution in [-0.4, -0.2) is 46.7 Å². The molecule has 2 heterocycles. The topological polar surface area (TPSA) is 54.3 Å². The fourth-order valence-electron chi connectivity index (χ4n) is 3.67. The van der Waals surface area contributed by atoms with Crippen LogP contribution < -0.4 is 4.90 Å². The SMILES string of the molecule is Cc1nn(C)c2nc(C3CC3)cc(C(=O)N(C)Cc3ccc(N(C)C)cc3)c12. The monoisotopic (exact) mass is 377 g/mol. The van der Waals surface area contributed by atoms with E-state index >= 15 is 0 Å². The number of carbonyl (C=O) groups is 1. The molecule has 0 atom stereocenters. The fraction of sp³-hybridized carbons (Fsp3) is 0.409. The first kappa shape index (κ1) is 18.5. The Hall–Kier alpha value is -2.89. The molecule has 1 amide bonds. The highest BCUT2D eigenvalue weighted by Crippen LogP contribution is 2.40. The number of hydrogen-bond acceptors (Lipinski definition) is 4. The van der Waals surface area contributed by atoms with Crippen LogP contribution in [0.4, 0.5) is 5.69 Å². The molecule has 3 aromatic rings. The van der Waals surface area contributed by atoms with E-state index in [1.54, 1.807) is 9.58 Å². The maximum Gasteiger partial charge on any atom is 0.254 e. The van der Waals surface area contributed by atoms with E-state index in [4.69, 9.17) is 4.98 Å².